The van der Waals surface area contributed by atoms with E-state index in [0.29, 0.717) is 29.1 Å². The number of imidazole rings is 1. The predicted octanol–water partition coefficient (Wildman–Crippen LogP) is 2.05. The average Bonchev–Trinajstić information content (AvgIpc) is 2.26. The third-order valence-electron chi connectivity index (χ3n) is 1.83. The van der Waals surface area contributed by atoms with Crippen molar-refractivity contribution in [2.24, 2.45) is 0 Å². The van der Waals surface area contributed by atoms with Gasteiger partial charge in [-0.1, -0.05) is 18.3 Å². The van der Waals surface area contributed by atoms with Gasteiger partial charge in [0.25, 0.3) is 0 Å². The van der Waals surface area contributed by atoms with Crippen LogP contribution >= 0.6 is 0 Å². The molecular weight excluding hydrogens is 143 g/mol. The zero-order chi connectivity index (χ0) is 8.43. The zero-order valence-corrected chi connectivity index (χ0v) is 7.19. The molecule has 0 aliphatic rings. The number of halogens is 1. The summed E-state index contributed by atoms with van der Waals surface area (Å²) >= 11 is 0. The molecule has 0 aromatic carbocycles. The van der Waals surface area contributed by atoms with Gasteiger partial charge in [-0.05, 0) is 13.3 Å². The summed E-state index contributed by atoms with van der Waals surface area (Å²) in [5.74, 6) is 0.527. The normalized spacial score (nSPS) is 10.5. The molecule has 0 N–H and O–H groups in total. The van der Waals surface area contributed by atoms with Crippen molar-refractivity contribution < 1.29 is 4.48 Å². The number of nitrogens with zero attached hydrogens (tertiary/aromatic N) is 2. The summed E-state index contributed by atoms with van der Waals surface area (Å²) in [5.41, 5.74) is 1.51. The van der Waals surface area contributed by atoms with Gasteiger partial charge < -0.3 is 0 Å². The Morgan fingerprint density at radius 3 is 2.27 bits per heavy atom. The minimum atomic E-state index is 0.527. The molecule has 0 aliphatic heterocycles. The van der Waals surface area contributed by atoms with Gasteiger partial charge in [-0.25, -0.2) is 4.98 Å². The van der Waals surface area contributed by atoms with Gasteiger partial charge in [0.2, 0.25) is 0 Å². The van der Waals surface area contributed by atoms with Crippen LogP contribution < -0.4 is 0 Å². The van der Waals surface area contributed by atoms with Gasteiger partial charge in [-0.2, -0.15) is 4.79 Å². The van der Waals surface area contributed by atoms with Gasteiger partial charge in [-0.3, -0.25) is 0 Å². The van der Waals surface area contributed by atoms with E-state index in [1.807, 2.05) is 20.8 Å². The Morgan fingerprint density at radius 2 is 2.00 bits per heavy atom. The molecule has 0 atom stereocenters. The van der Waals surface area contributed by atoms with Gasteiger partial charge in [0.15, 0.2) is 0 Å². The quantitative estimate of drug-likeness (QED) is 0.640. The van der Waals surface area contributed by atoms with Crippen LogP contribution in [0.15, 0.2) is 0 Å². The zero-order valence-electron chi connectivity index (χ0n) is 7.19. The van der Waals surface area contributed by atoms with E-state index >= 15 is 0 Å². The van der Waals surface area contributed by atoms with Gasteiger partial charge in [-0.15, -0.1) is 0 Å². The van der Waals surface area contributed by atoms with Crippen LogP contribution in [0.4, 0.5) is 4.48 Å². The van der Waals surface area contributed by atoms with E-state index in [2.05, 4.69) is 4.98 Å². The summed E-state index contributed by atoms with van der Waals surface area (Å²) in [6.45, 7) is 5.67. The number of aryl methyl sites for hydroxylation is 2. The van der Waals surface area contributed by atoms with Crippen LogP contribution in [0.5, 0.6) is 0 Å². The molecule has 0 saturated carbocycles. The van der Waals surface area contributed by atoms with Crippen LogP contribution in [0.3, 0.4) is 0 Å². The smallest absolute Gasteiger partial charge is 0.139 e. The maximum absolute atomic E-state index is 13.1. The van der Waals surface area contributed by atoms with Crippen molar-refractivity contribution in [1.82, 2.24) is 9.77 Å². The lowest BCUT2D eigenvalue weighted by Crippen LogP contribution is -1.95. The van der Waals surface area contributed by atoms with Crippen molar-refractivity contribution in [2.75, 3.05) is 0 Å². The lowest BCUT2D eigenvalue weighted by atomic mass is 10.3. The Balaban J connectivity index is 3.14. The van der Waals surface area contributed by atoms with E-state index in [1.165, 1.54) is 0 Å². The molecule has 3 heteroatoms. The third kappa shape index (κ3) is 1.27. The largest absolute Gasteiger partial charge is 0.236 e. The van der Waals surface area contributed by atoms with E-state index in [-0.39, 0.29) is 0 Å². The summed E-state index contributed by atoms with van der Waals surface area (Å²) in [6, 6.07) is 0. The molecule has 0 spiro atoms. The molecule has 11 heavy (non-hydrogen) atoms. The Labute approximate surface area is 66.0 Å². The highest BCUT2D eigenvalue weighted by Crippen LogP contribution is 2.11. The minimum absolute atomic E-state index is 0.527. The molecule has 0 bridgehead atoms. The first-order valence-corrected chi connectivity index (χ1v) is 3.93. The van der Waals surface area contributed by atoms with E-state index in [0.717, 1.165) is 5.69 Å². The first-order valence-electron chi connectivity index (χ1n) is 3.93. The molecule has 1 heterocycles. The summed E-state index contributed by atoms with van der Waals surface area (Å²) in [6.07, 6.45) is 1.35. The minimum Gasteiger partial charge on any atom is -0.236 e. The number of hydrogen-bond acceptors (Lipinski definition) is 1. The summed E-state index contributed by atoms with van der Waals surface area (Å²) < 4.78 is 13.1. The summed E-state index contributed by atoms with van der Waals surface area (Å²) in [4.78, 5) is 4.79. The van der Waals surface area contributed by atoms with E-state index < -0.39 is 0 Å². The highest BCUT2D eigenvalue weighted by molar-refractivity contribution is 5.14. The molecule has 0 radical (unpaired) electrons. The fourth-order valence-electron chi connectivity index (χ4n) is 1.21. The molecule has 62 valence electrons. The van der Waals surface area contributed by atoms with Crippen molar-refractivity contribution in [1.29, 1.82) is 0 Å². The van der Waals surface area contributed by atoms with Crippen LogP contribution in [0, 0.1) is 6.92 Å². The Hall–Kier alpha value is -0.860. The topological polar surface area (TPSA) is 17.8 Å². The van der Waals surface area contributed by atoms with Crippen LogP contribution in [0.1, 0.15) is 31.1 Å². The van der Waals surface area contributed by atoms with Gasteiger partial charge >= 0.3 is 0 Å². The summed E-state index contributed by atoms with van der Waals surface area (Å²) in [7, 11) is 0. The first-order chi connectivity index (χ1) is 5.20. The number of aromatic nitrogens is 2. The molecule has 1 aromatic heterocycles. The highest BCUT2D eigenvalue weighted by atomic mass is 19.2. The van der Waals surface area contributed by atoms with E-state index in [4.69, 9.17) is 0 Å². The third-order valence-corrected chi connectivity index (χ3v) is 1.83. The predicted molar refractivity (Wildman–Crippen MR) is 42.2 cm³/mol. The molecule has 2 nitrogen and oxygen atoms in total. The maximum Gasteiger partial charge on any atom is 0.139 e. The van der Waals surface area contributed by atoms with Crippen LogP contribution in [-0.4, -0.2) is 9.77 Å². The lowest BCUT2D eigenvalue weighted by molar-refractivity contribution is 0.338. The van der Waals surface area contributed by atoms with E-state index in [1.54, 1.807) is 0 Å². The second-order valence-corrected chi connectivity index (χ2v) is 2.55. The summed E-state index contributed by atoms with van der Waals surface area (Å²) in [5, 5.41) is 0. The van der Waals surface area contributed by atoms with Gasteiger partial charge in [0.1, 0.15) is 5.82 Å². The second-order valence-electron chi connectivity index (χ2n) is 2.55. The van der Waals surface area contributed by atoms with Gasteiger partial charge in [0, 0.05) is 6.42 Å². The van der Waals surface area contributed by atoms with Crippen molar-refractivity contribution in [3.8, 4) is 0 Å². The van der Waals surface area contributed by atoms with Crippen molar-refractivity contribution in [3.63, 3.8) is 0 Å². The highest BCUT2D eigenvalue weighted by Gasteiger charge is 2.10. The van der Waals surface area contributed by atoms with Crippen LogP contribution in [-0.2, 0) is 12.8 Å². The monoisotopic (exact) mass is 156 g/mol. The van der Waals surface area contributed by atoms with Crippen LogP contribution in [0.2, 0.25) is 0 Å². The second kappa shape index (κ2) is 3.03. The molecule has 1 aromatic rings. The van der Waals surface area contributed by atoms with Gasteiger partial charge in [0.05, 0.1) is 11.4 Å². The standard InChI is InChI=1S/C8H13FN2/c1-4-7-6(3)10-8(5-2)11(7)9/h4-5H2,1-3H3. The molecule has 0 unspecified atom stereocenters. The SMILES string of the molecule is CCc1nc(C)c(CC)n1F. The lowest BCUT2D eigenvalue weighted by Gasteiger charge is -1.95. The Morgan fingerprint density at radius 1 is 1.36 bits per heavy atom. The molecule has 0 fully saturated rings. The Bertz CT molecular complexity index is 253. The van der Waals surface area contributed by atoms with Crippen molar-refractivity contribution >= 4 is 0 Å². The first kappa shape index (κ1) is 8.24. The van der Waals surface area contributed by atoms with E-state index in [9.17, 15) is 4.48 Å². The van der Waals surface area contributed by atoms with Crippen molar-refractivity contribution in [2.45, 2.75) is 33.6 Å². The molecule has 0 amide bonds. The fourth-order valence-corrected chi connectivity index (χ4v) is 1.21. The maximum atomic E-state index is 13.1. The van der Waals surface area contributed by atoms with Crippen LogP contribution in [0.25, 0.3) is 0 Å². The molecule has 1 rings (SSSR count). The molecular formula is C8H13FN2. The number of hydrogen-bond donors (Lipinski definition) is 0. The Kier molecular flexibility index (Phi) is 2.27. The molecule has 0 aliphatic carbocycles. The number of rotatable bonds is 2. The fraction of sp³-hybridized carbons (Fsp3) is 0.625. The van der Waals surface area contributed by atoms with Crippen molar-refractivity contribution in [3.05, 3.63) is 17.2 Å². The average molecular weight is 156 g/mol. The molecule has 0 saturated heterocycles.